The second-order valence-electron chi connectivity index (χ2n) is 7.64. The molecule has 0 radical (unpaired) electrons. The third-order valence-electron chi connectivity index (χ3n) is 5.72. The molecule has 1 aliphatic rings. The van der Waals surface area contributed by atoms with E-state index in [9.17, 15) is 9.59 Å². The van der Waals surface area contributed by atoms with Crippen LogP contribution in [0.5, 0.6) is 0 Å². The van der Waals surface area contributed by atoms with E-state index in [-0.39, 0.29) is 18.0 Å². The highest BCUT2D eigenvalue weighted by Gasteiger charge is 2.21. The zero-order chi connectivity index (χ0) is 21.8. The largest absolute Gasteiger partial charge is 0.345 e. The summed E-state index contributed by atoms with van der Waals surface area (Å²) in [5, 5.41) is 0.832. The van der Waals surface area contributed by atoms with Crippen LogP contribution in [0.2, 0.25) is 0 Å². The van der Waals surface area contributed by atoms with Crippen molar-refractivity contribution in [3.8, 4) is 0 Å². The lowest BCUT2D eigenvalue weighted by Gasteiger charge is -2.33. The quantitative estimate of drug-likeness (QED) is 0.560. The van der Waals surface area contributed by atoms with Gasteiger partial charge in [-0.15, -0.1) is 0 Å². The number of carbonyl (C=O) groups is 1. The van der Waals surface area contributed by atoms with Crippen LogP contribution in [0.25, 0.3) is 10.3 Å². The fourth-order valence-electron chi connectivity index (χ4n) is 3.76. The predicted molar refractivity (Wildman–Crippen MR) is 124 cm³/mol. The second kappa shape index (κ2) is 9.57. The molecular formula is C22H28N6O2S. The van der Waals surface area contributed by atoms with E-state index in [2.05, 4.69) is 26.7 Å². The van der Waals surface area contributed by atoms with Gasteiger partial charge in [0.2, 0.25) is 5.91 Å². The van der Waals surface area contributed by atoms with E-state index in [1.54, 1.807) is 4.90 Å². The number of carbonyl (C=O) groups excluding carboxylic acids is 1. The minimum Gasteiger partial charge on any atom is -0.345 e. The lowest BCUT2D eigenvalue weighted by atomic mass is 10.2. The minimum atomic E-state index is -0.204. The highest BCUT2D eigenvalue weighted by Crippen LogP contribution is 2.26. The molecule has 3 heterocycles. The van der Waals surface area contributed by atoms with Gasteiger partial charge in [-0.2, -0.15) is 4.98 Å². The Balaban J connectivity index is 1.50. The molecule has 0 saturated carbocycles. The van der Waals surface area contributed by atoms with Gasteiger partial charge < -0.3 is 14.7 Å². The third-order valence-corrected chi connectivity index (χ3v) is 6.81. The summed E-state index contributed by atoms with van der Waals surface area (Å²) >= 11 is 1.37. The number of benzene rings is 1. The summed E-state index contributed by atoms with van der Waals surface area (Å²) in [6.45, 7) is 10.0. The Bertz CT molecular complexity index is 1090. The average molecular weight is 441 g/mol. The maximum absolute atomic E-state index is 13.0. The molecule has 1 aromatic carbocycles. The molecule has 1 saturated heterocycles. The van der Waals surface area contributed by atoms with E-state index in [0.717, 1.165) is 43.4 Å². The Kier molecular flexibility index (Phi) is 6.62. The number of rotatable bonds is 7. The van der Waals surface area contributed by atoms with Crippen LogP contribution in [0.15, 0.2) is 41.5 Å². The Labute approximate surface area is 185 Å². The van der Waals surface area contributed by atoms with E-state index < -0.39 is 0 Å². The molecule has 0 atom stereocenters. The van der Waals surface area contributed by atoms with Gasteiger partial charge in [0.15, 0.2) is 10.8 Å². The number of hydrogen-bond acceptors (Lipinski definition) is 7. The van der Waals surface area contributed by atoms with Gasteiger partial charge in [0.05, 0.1) is 0 Å². The van der Waals surface area contributed by atoms with E-state index in [0.29, 0.717) is 23.4 Å². The number of nitrogens with zero attached hydrogens (tertiary/aromatic N) is 6. The molecule has 1 aliphatic heterocycles. The van der Waals surface area contributed by atoms with Crippen LogP contribution in [0.4, 0.5) is 5.13 Å². The fraction of sp³-hybridized carbons (Fsp3) is 0.455. The van der Waals surface area contributed by atoms with Gasteiger partial charge in [0, 0.05) is 39.3 Å². The number of fused-ring (bicyclic) bond motifs is 1. The van der Waals surface area contributed by atoms with Gasteiger partial charge in [-0.05, 0) is 19.0 Å². The predicted octanol–water partition coefficient (Wildman–Crippen LogP) is 2.04. The molecule has 0 unspecified atom stereocenters. The summed E-state index contributed by atoms with van der Waals surface area (Å²) < 4.78 is 1.91. The highest BCUT2D eigenvalue weighted by molar-refractivity contribution is 7.22. The number of likely N-dealkylation sites (N-methyl/N-ethyl adjacent to an activating group) is 2. The Hall–Kier alpha value is -2.78. The Morgan fingerprint density at radius 3 is 2.55 bits per heavy atom. The molecule has 0 N–H and O–H groups in total. The van der Waals surface area contributed by atoms with Crippen molar-refractivity contribution in [1.29, 1.82) is 0 Å². The van der Waals surface area contributed by atoms with Crippen molar-refractivity contribution in [3.63, 3.8) is 0 Å². The fourth-order valence-corrected chi connectivity index (χ4v) is 4.78. The van der Waals surface area contributed by atoms with Crippen LogP contribution < -0.4 is 10.5 Å². The van der Waals surface area contributed by atoms with Gasteiger partial charge in [-0.1, -0.05) is 48.6 Å². The first-order valence-corrected chi connectivity index (χ1v) is 11.6. The maximum Gasteiger partial charge on any atom is 0.273 e. The van der Waals surface area contributed by atoms with E-state index in [1.165, 1.54) is 22.2 Å². The second-order valence-corrected chi connectivity index (χ2v) is 8.62. The first-order valence-electron chi connectivity index (χ1n) is 10.7. The lowest BCUT2D eigenvalue weighted by Crippen LogP contribution is -2.46. The van der Waals surface area contributed by atoms with Crippen molar-refractivity contribution in [1.82, 2.24) is 24.3 Å². The van der Waals surface area contributed by atoms with Crippen LogP contribution in [0.3, 0.4) is 0 Å². The monoisotopic (exact) mass is 440 g/mol. The van der Waals surface area contributed by atoms with Gasteiger partial charge in [-0.3, -0.25) is 14.2 Å². The van der Waals surface area contributed by atoms with Crippen LogP contribution >= 0.6 is 11.3 Å². The molecular weight excluding hydrogens is 412 g/mol. The average Bonchev–Trinajstić information content (AvgIpc) is 3.25. The zero-order valence-corrected chi connectivity index (χ0v) is 18.8. The van der Waals surface area contributed by atoms with Crippen molar-refractivity contribution >= 4 is 32.7 Å². The van der Waals surface area contributed by atoms with Crippen molar-refractivity contribution in [2.24, 2.45) is 0 Å². The molecule has 1 amide bonds. The number of aromatic nitrogens is 3. The highest BCUT2D eigenvalue weighted by atomic mass is 32.1. The van der Waals surface area contributed by atoms with E-state index in [1.807, 2.05) is 37.3 Å². The number of hydrogen-bond donors (Lipinski definition) is 0. The molecule has 0 bridgehead atoms. The first kappa shape index (κ1) is 21.5. The van der Waals surface area contributed by atoms with Crippen LogP contribution in [0, 0.1) is 0 Å². The smallest absolute Gasteiger partial charge is 0.273 e. The number of thiazole rings is 1. The summed E-state index contributed by atoms with van der Waals surface area (Å²) in [4.78, 5) is 41.2. The van der Waals surface area contributed by atoms with Crippen molar-refractivity contribution in [2.75, 3.05) is 44.2 Å². The third kappa shape index (κ3) is 4.77. The number of anilines is 1. The van der Waals surface area contributed by atoms with Crippen LogP contribution in [-0.2, 0) is 17.9 Å². The zero-order valence-electron chi connectivity index (χ0n) is 18.0. The van der Waals surface area contributed by atoms with E-state index >= 15 is 0 Å². The van der Waals surface area contributed by atoms with Gasteiger partial charge in [0.1, 0.15) is 17.6 Å². The summed E-state index contributed by atoms with van der Waals surface area (Å²) in [7, 11) is 0. The molecule has 164 valence electrons. The number of piperazine rings is 1. The first-order chi connectivity index (χ1) is 15.1. The molecule has 2 aromatic heterocycles. The minimum absolute atomic E-state index is 0.0230. The van der Waals surface area contributed by atoms with Crippen LogP contribution in [-0.4, -0.2) is 69.5 Å². The van der Waals surface area contributed by atoms with Crippen LogP contribution in [0.1, 0.15) is 19.4 Å². The molecule has 0 spiro atoms. The van der Waals surface area contributed by atoms with Crippen molar-refractivity contribution in [2.45, 2.75) is 26.9 Å². The summed E-state index contributed by atoms with van der Waals surface area (Å²) in [5.74, 6) is -0.102. The summed E-state index contributed by atoms with van der Waals surface area (Å²) in [6.07, 6.45) is 1.44. The molecule has 9 heteroatoms. The lowest BCUT2D eigenvalue weighted by molar-refractivity contribution is -0.132. The maximum atomic E-state index is 13.0. The molecule has 0 aliphatic carbocycles. The standard InChI is InChI=1S/C22H28N6O2S/c1-3-25-10-12-27(13-11-25)22-24-20-19(31-22)21(30)28(16-23-20)15-18(29)26(4-2)14-17-8-6-5-7-9-17/h5-9,16H,3-4,10-15H2,1-2H3. The van der Waals surface area contributed by atoms with Gasteiger partial charge in [0.25, 0.3) is 5.56 Å². The summed E-state index contributed by atoms with van der Waals surface area (Å²) in [6, 6.07) is 9.86. The van der Waals surface area contributed by atoms with Gasteiger partial charge in [-0.25, -0.2) is 4.98 Å². The van der Waals surface area contributed by atoms with Crippen molar-refractivity contribution in [3.05, 3.63) is 52.6 Å². The van der Waals surface area contributed by atoms with E-state index in [4.69, 9.17) is 0 Å². The summed E-state index contributed by atoms with van der Waals surface area (Å²) in [5.41, 5.74) is 1.32. The molecule has 8 nitrogen and oxygen atoms in total. The topological polar surface area (TPSA) is 74.6 Å². The Morgan fingerprint density at radius 2 is 1.87 bits per heavy atom. The molecule has 4 rings (SSSR count). The van der Waals surface area contributed by atoms with Gasteiger partial charge >= 0.3 is 0 Å². The molecule has 1 fully saturated rings. The normalized spacial score (nSPS) is 14.8. The SMILES string of the molecule is CCN1CCN(c2nc3ncn(CC(=O)N(CC)Cc4ccccc4)c(=O)c3s2)CC1. The van der Waals surface area contributed by atoms with Crippen molar-refractivity contribution < 1.29 is 4.79 Å². The number of amides is 1. The Morgan fingerprint density at radius 1 is 1.13 bits per heavy atom. The molecule has 31 heavy (non-hydrogen) atoms. The molecule has 3 aromatic rings.